The molecular weight excluding hydrogens is 314 g/mol. The van der Waals surface area contributed by atoms with Gasteiger partial charge in [-0.25, -0.2) is 4.98 Å². The number of benzene rings is 2. The third kappa shape index (κ3) is 3.09. The van der Waals surface area contributed by atoms with Gasteiger partial charge in [-0.2, -0.15) is 0 Å². The summed E-state index contributed by atoms with van der Waals surface area (Å²) in [6.45, 7) is 2.78. The summed E-state index contributed by atoms with van der Waals surface area (Å²) in [4.78, 5) is 22.6. The number of amides is 1. The van der Waals surface area contributed by atoms with Crippen LogP contribution in [0.25, 0.3) is 11.0 Å². The normalized spacial score (nSPS) is 17.2. The lowest BCUT2D eigenvalue weighted by Crippen LogP contribution is -2.35. The van der Waals surface area contributed by atoms with Crippen LogP contribution in [-0.4, -0.2) is 33.9 Å². The van der Waals surface area contributed by atoms with Crippen LogP contribution in [0.3, 0.4) is 0 Å². The predicted molar refractivity (Wildman–Crippen MR) is 96.5 cm³/mol. The van der Waals surface area contributed by atoms with Crippen molar-refractivity contribution in [1.82, 2.24) is 14.9 Å². The van der Waals surface area contributed by atoms with Crippen LogP contribution in [0.4, 0.5) is 0 Å². The Morgan fingerprint density at radius 2 is 2.04 bits per heavy atom. The molecule has 1 atom stereocenters. The molecule has 1 fully saturated rings. The van der Waals surface area contributed by atoms with E-state index in [1.54, 1.807) is 0 Å². The SMILES string of the molecule is Cc1ccccc1OCC(=O)N1CCCC1c1nc2ccccc2[nH]1. The van der Waals surface area contributed by atoms with Gasteiger partial charge in [0, 0.05) is 6.54 Å². The summed E-state index contributed by atoms with van der Waals surface area (Å²) in [6, 6.07) is 15.7. The second-order valence-corrected chi connectivity index (χ2v) is 6.44. The van der Waals surface area contributed by atoms with E-state index in [0.717, 1.165) is 47.6 Å². The summed E-state index contributed by atoms with van der Waals surface area (Å²) in [5.41, 5.74) is 2.98. The van der Waals surface area contributed by atoms with E-state index in [1.807, 2.05) is 60.4 Å². The van der Waals surface area contributed by atoms with Crippen molar-refractivity contribution in [1.29, 1.82) is 0 Å². The number of nitrogens with one attached hydrogen (secondary N) is 1. The minimum atomic E-state index is 0.000343. The Morgan fingerprint density at radius 3 is 2.88 bits per heavy atom. The number of hydrogen-bond donors (Lipinski definition) is 1. The van der Waals surface area contributed by atoms with Crippen molar-refractivity contribution in [2.45, 2.75) is 25.8 Å². The first kappa shape index (κ1) is 15.7. The topological polar surface area (TPSA) is 58.2 Å². The zero-order valence-corrected chi connectivity index (χ0v) is 14.2. The van der Waals surface area contributed by atoms with Crippen molar-refractivity contribution in [3.63, 3.8) is 0 Å². The number of likely N-dealkylation sites (tertiary alicyclic amines) is 1. The van der Waals surface area contributed by atoms with Gasteiger partial charge < -0.3 is 14.6 Å². The van der Waals surface area contributed by atoms with Gasteiger partial charge in [0.1, 0.15) is 11.6 Å². The van der Waals surface area contributed by atoms with E-state index in [1.165, 1.54) is 0 Å². The number of imidazole rings is 1. The number of fused-ring (bicyclic) bond motifs is 1. The number of aryl methyl sites for hydroxylation is 1. The molecule has 1 aromatic heterocycles. The minimum Gasteiger partial charge on any atom is -0.484 e. The molecule has 5 nitrogen and oxygen atoms in total. The average molecular weight is 335 g/mol. The second kappa shape index (κ2) is 6.59. The van der Waals surface area contributed by atoms with Gasteiger partial charge in [0.2, 0.25) is 0 Å². The Bertz CT molecular complexity index is 870. The first-order valence-electron chi connectivity index (χ1n) is 8.65. The molecule has 4 rings (SSSR count). The number of carbonyl (C=O) groups excluding carboxylic acids is 1. The lowest BCUT2D eigenvalue weighted by molar-refractivity contribution is -0.134. The van der Waals surface area contributed by atoms with E-state index in [2.05, 4.69) is 9.97 Å². The smallest absolute Gasteiger partial charge is 0.261 e. The van der Waals surface area contributed by atoms with Crippen LogP contribution in [0.5, 0.6) is 5.75 Å². The van der Waals surface area contributed by atoms with Gasteiger partial charge in [0.05, 0.1) is 17.1 Å². The molecule has 5 heteroatoms. The summed E-state index contributed by atoms with van der Waals surface area (Å²) >= 11 is 0. The molecule has 2 heterocycles. The molecule has 1 saturated heterocycles. The molecule has 25 heavy (non-hydrogen) atoms. The standard InChI is InChI=1S/C20H21N3O2/c1-14-7-2-5-11-18(14)25-13-19(24)23-12-6-10-17(23)20-21-15-8-3-4-9-16(15)22-20/h2-5,7-9,11,17H,6,10,12-13H2,1H3,(H,21,22). The number of hydrogen-bond acceptors (Lipinski definition) is 3. The second-order valence-electron chi connectivity index (χ2n) is 6.44. The van der Waals surface area contributed by atoms with E-state index >= 15 is 0 Å². The highest BCUT2D eigenvalue weighted by Crippen LogP contribution is 2.31. The van der Waals surface area contributed by atoms with Crippen molar-refractivity contribution in [3.8, 4) is 5.75 Å². The Kier molecular flexibility index (Phi) is 4.14. The Hall–Kier alpha value is -2.82. The highest BCUT2D eigenvalue weighted by atomic mass is 16.5. The molecule has 1 unspecified atom stereocenters. The van der Waals surface area contributed by atoms with E-state index in [0.29, 0.717) is 0 Å². The third-order valence-electron chi connectivity index (χ3n) is 4.74. The molecule has 1 N–H and O–H groups in total. The van der Waals surface area contributed by atoms with Crippen LogP contribution in [0, 0.1) is 6.92 Å². The number of para-hydroxylation sites is 3. The van der Waals surface area contributed by atoms with Crippen molar-refractivity contribution < 1.29 is 9.53 Å². The molecule has 128 valence electrons. The fourth-order valence-electron chi connectivity index (χ4n) is 3.42. The molecule has 0 bridgehead atoms. The first-order chi connectivity index (χ1) is 12.2. The van der Waals surface area contributed by atoms with Gasteiger partial charge in [0.15, 0.2) is 6.61 Å². The molecule has 0 radical (unpaired) electrons. The molecule has 0 saturated carbocycles. The molecule has 3 aromatic rings. The van der Waals surface area contributed by atoms with Crippen LogP contribution in [0.2, 0.25) is 0 Å². The van der Waals surface area contributed by atoms with Crippen LogP contribution in [-0.2, 0) is 4.79 Å². The number of carbonyl (C=O) groups is 1. The van der Waals surface area contributed by atoms with E-state index in [9.17, 15) is 4.79 Å². The summed E-state index contributed by atoms with van der Waals surface area (Å²) in [7, 11) is 0. The van der Waals surface area contributed by atoms with Gasteiger partial charge in [0.25, 0.3) is 5.91 Å². The van der Waals surface area contributed by atoms with Crippen LogP contribution in [0.15, 0.2) is 48.5 Å². The summed E-state index contributed by atoms with van der Waals surface area (Å²) in [5, 5.41) is 0. The zero-order valence-electron chi connectivity index (χ0n) is 14.2. The number of aromatic nitrogens is 2. The largest absolute Gasteiger partial charge is 0.484 e. The molecule has 1 amide bonds. The van der Waals surface area contributed by atoms with Gasteiger partial charge in [-0.1, -0.05) is 30.3 Å². The molecule has 2 aromatic carbocycles. The lowest BCUT2D eigenvalue weighted by atomic mass is 10.2. The van der Waals surface area contributed by atoms with E-state index < -0.39 is 0 Å². The number of H-pyrrole nitrogens is 1. The highest BCUT2D eigenvalue weighted by Gasteiger charge is 2.32. The maximum atomic E-state index is 12.7. The zero-order chi connectivity index (χ0) is 17.2. The molecule has 1 aliphatic rings. The van der Waals surface area contributed by atoms with Crippen LogP contribution in [0.1, 0.15) is 30.3 Å². The van der Waals surface area contributed by atoms with Crippen LogP contribution >= 0.6 is 0 Å². The predicted octanol–water partition coefficient (Wildman–Crippen LogP) is 3.61. The van der Waals surface area contributed by atoms with Gasteiger partial charge in [-0.3, -0.25) is 4.79 Å². The lowest BCUT2D eigenvalue weighted by Gasteiger charge is -2.23. The monoisotopic (exact) mass is 335 g/mol. The third-order valence-corrected chi connectivity index (χ3v) is 4.74. The summed E-state index contributed by atoms with van der Waals surface area (Å²) in [5.74, 6) is 1.63. The molecular formula is C20H21N3O2. The van der Waals surface area contributed by atoms with Crippen molar-refractivity contribution in [2.75, 3.05) is 13.2 Å². The van der Waals surface area contributed by atoms with Crippen LogP contribution < -0.4 is 4.74 Å². The Labute approximate surface area is 146 Å². The number of aromatic amines is 1. The maximum absolute atomic E-state index is 12.7. The van der Waals surface area contributed by atoms with E-state index in [4.69, 9.17) is 4.74 Å². The fraction of sp³-hybridized carbons (Fsp3) is 0.300. The molecule has 1 aliphatic heterocycles. The van der Waals surface area contributed by atoms with Crippen molar-refractivity contribution in [2.24, 2.45) is 0 Å². The van der Waals surface area contributed by atoms with Gasteiger partial charge in [-0.05, 0) is 43.5 Å². The number of ether oxygens (including phenoxy) is 1. The first-order valence-corrected chi connectivity index (χ1v) is 8.65. The average Bonchev–Trinajstić information content (AvgIpc) is 3.27. The van der Waals surface area contributed by atoms with Crippen molar-refractivity contribution >= 4 is 16.9 Å². The molecule has 0 spiro atoms. The van der Waals surface area contributed by atoms with Gasteiger partial charge in [-0.15, -0.1) is 0 Å². The van der Waals surface area contributed by atoms with Crippen molar-refractivity contribution in [3.05, 3.63) is 59.9 Å². The summed E-state index contributed by atoms with van der Waals surface area (Å²) in [6.07, 6.45) is 1.91. The number of rotatable bonds is 4. The van der Waals surface area contributed by atoms with Gasteiger partial charge >= 0.3 is 0 Å². The minimum absolute atomic E-state index is 0.000343. The molecule has 0 aliphatic carbocycles. The highest BCUT2D eigenvalue weighted by molar-refractivity contribution is 5.79. The van der Waals surface area contributed by atoms with E-state index in [-0.39, 0.29) is 18.6 Å². The Balaban J connectivity index is 1.49. The summed E-state index contributed by atoms with van der Waals surface area (Å²) < 4.78 is 5.73. The quantitative estimate of drug-likeness (QED) is 0.792. The Morgan fingerprint density at radius 1 is 1.24 bits per heavy atom. The fourth-order valence-corrected chi connectivity index (χ4v) is 3.42. The number of nitrogens with zero attached hydrogens (tertiary/aromatic N) is 2. The maximum Gasteiger partial charge on any atom is 0.261 e.